The van der Waals surface area contributed by atoms with Crippen LogP contribution >= 0.6 is 0 Å². The Morgan fingerprint density at radius 1 is 0.900 bits per heavy atom. The molecule has 7 heteroatoms. The van der Waals surface area contributed by atoms with E-state index in [0.29, 0.717) is 39.6 Å². The topological polar surface area (TPSA) is 45.7 Å². The van der Waals surface area contributed by atoms with Crippen molar-refractivity contribution in [1.29, 1.82) is 0 Å². The Morgan fingerprint density at radius 3 is 2.20 bits per heavy atom. The molecule has 0 radical (unpaired) electrons. The van der Waals surface area contributed by atoms with Crippen LogP contribution in [0.2, 0.25) is 0 Å². The fraction of sp³-hybridized carbons (Fsp3) is 0.769. The molecule has 0 aromatic carbocycles. The molecule has 0 amide bonds. The third kappa shape index (κ3) is 9.65. The van der Waals surface area contributed by atoms with E-state index in [0.717, 1.165) is 13.1 Å². The lowest BCUT2D eigenvalue weighted by atomic mass is 10.6. The van der Waals surface area contributed by atoms with Gasteiger partial charge in [-0.25, -0.2) is 9.13 Å². The maximum absolute atomic E-state index is 5.42. The van der Waals surface area contributed by atoms with Crippen LogP contribution in [0.1, 0.15) is 0 Å². The van der Waals surface area contributed by atoms with Gasteiger partial charge in [-0.05, 0) is 0 Å². The van der Waals surface area contributed by atoms with Gasteiger partial charge in [-0.15, -0.1) is 0 Å². The summed E-state index contributed by atoms with van der Waals surface area (Å²) in [6.07, 6.45) is 6.13. The van der Waals surface area contributed by atoms with E-state index in [1.807, 2.05) is 12.4 Å². The maximum Gasteiger partial charge on any atom is 0.243 e. The minimum atomic E-state index is 0. The Hall–Kier alpha value is -0.220. The number of imidazole rings is 1. The number of halogens is 1. The molecule has 0 aliphatic rings. The van der Waals surface area contributed by atoms with Gasteiger partial charge in [0.1, 0.15) is 25.5 Å². The molecule has 1 heterocycles. The third-order valence-corrected chi connectivity index (χ3v) is 2.60. The second-order valence-electron chi connectivity index (χ2n) is 4.10. The van der Waals surface area contributed by atoms with Gasteiger partial charge in [0.25, 0.3) is 0 Å². The molecule has 1 aromatic rings. The third-order valence-electron chi connectivity index (χ3n) is 2.60. The van der Waals surface area contributed by atoms with Crippen molar-refractivity contribution in [2.45, 2.75) is 13.1 Å². The summed E-state index contributed by atoms with van der Waals surface area (Å²) in [5.41, 5.74) is 0. The van der Waals surface area contributed by atoms with Crippen LogP contribution in [-0.2, 0) is 32.0 Å². The molecule has 0 bridgehead atoms. The second kappa shape index (κ2) is 13.7. The van der Waals surface area contributed by atoms with E-state index >= 15 is 0 Å². The Bertz CT molecular complexity index is 295. The molecule has 6 nitrogen and oxygen atoms in total. The number of rotatable bonds is 12. The lowest BCUT2D eigenvalue weighted by molar-refractivity contribution is -0.698. The van der Waals surface area contributed by atoms with E-state index in [4.69, 9.17) is 18.9 Å². The second-order valence-corrected chi connectivity index (χ2v) is 4.10. The molecule has 0 atom stereocenters. The number of ether oxygens (including phenoxy) is 4. The first-order valence-electron chi connectivity index (χ1n) is 6.55. The highest BCUT2D eigenvalue weighted by atomic mass is 127. The van der Waals surface area contributed by atoms with Gasteiger partial charge in [-0.3, -0.25) is 0 Å². The van der Waals surface area contributed by atoms with E-state index in [1.165, 1.54) is 0 Å². The van der Waals surface area contributed by atoms with Crippen LogP contribution in [0, 0.1) is 0 Å². The Labute approximate surface area is 138 Å². The van der Waals surface area contributed by atoms with Gasteiger partial charge in [0.05, 0.1) is 39.6 Å². The van der Waals surface area contributed by atoms with Crippen molar-refractivity contribution in [2.24, 2.45) is 0 Å². The van der Waals surface area contributed by atoms with Crippen molar-refractivity contribution >= 4 is 0 Å². The van der Waals surface area contributed by atoms with Crippen LogP contribution < -0.4 is 28.5 Å². The van der Waals surface area contributed by atoms with Gasteiger partial charge in [-0.2, -0.15) is 0 Å². The molecule has 0 N–H and O–H groups in total. The maximum atomic E-state index is 5.42. The molecule has 1 rings (SSSR count). The summed E-state index contributed by atoms with van der Waals surface area (Å²) in [4.78, 5) is 0. The van der Waals surface area contributed by atoms with Gasteiger partial charge in [-0.1, -0.05) is 0 Å². The molecular weight excluding hydrogens is 375 g/mol. The zero-order valence-electron chi connectivity index (χ0n) is 12.3. The lowest BCUT2D eigenvalue weighted by Crippen LogP contribution is -3.00. The van der Waals surface area contributed by atoms with E-state index < -0.39 is 0 Å². The van der Waals surface area contributed by atoms with E-state index in [2.05, 4.69) is 15.5 Å². The molecule has 0 saturated carbocycles. The van der Waals surface area contributed by atoms with Gasteiger partial charge >= 0.3 is 0 Å². The molecule has 0 aliphatic heterocycles. The molecule has 0 unspecified atom stereocenters. The summed E-state index contributed by atoms with van der Waals surface area (Å²) in [5.74, 6) is 0. The highest BCUT2D eigenvalue weighted by Crippen LogP contribution is 1.87. The number of methoxy groups -OCH3 is 2. The van der Waals surface area contributed by atoms with Gasteiger partial charge in [0.2, 0.25) is 6.33 Å². The molecule has 1 aromatic heterocycles. The smallest absolute Gasteiger partial charge is 0.243 e. The largest absolute Gasteiger partial charge is 1.00 e. The summed E-state index contributed by atoms with van der Waals surface area (Å²) < 4.78 is 24.9. The van der Waals surface area contributed by atoms with Crippen LogP contribution in [0.4, 0.5) is 0 Å². The Kier molecular flexibility index (Phi) is 13.6. The van der Waals surface area contributed by atoms with E-state index in [-0.39, 0.29) is 24.0 Å². The van der Waals surface area contributed by atoms with Crippen LogP contribution in [-0.4, -0.2) is 58.4 Å². The van der Waals surface area contributed by atoms with E-state index in [9.17, 15) is 0 Å². The summed E-state index contributed by atoms with van der Waals surface area (Å²) >= 11 is 0. The molecule has 0 aliphatic carbocycles. The van der Waals surface area contributed by atoms with E-state index in [1.54, 1.807) is 14.2 Å². The zero-order chi connectivity index (χ0) is 13.8. The lowest BCUT2D eigenvalue weighted by Gasteiger charge is -2.01. The highest BCUT2D eigenvalue weighted by molar-refractivity contribution is 4.65. The first-order chi connectivity index (χ1) is 9.36. The fourth-order valence-corrected chi connectivity index (χ4v) is 1.53. The first kappa shape index (κ1) is 19.8. The summed E-state index contributed by atoms with van der Waals surface area (Å²) in [5, 5.41) is 0. The number of aromatic nitrogens is 2. The van der Waals surface area contributed by atoms with Crippen molar-refractivity contribution in [1.82, 2.24) is 4.57 Å². The molecule has 0 fully saturated rings. The normalized spacial score (nSPS) is 10.5. The average molecular weight is 400 g/mol. The minimum Gasteiger partial charge on any atom is -1.00 e. The van der Waals surface area contributed by atoms with Crippen LogP contribution in [0.3, 0.4) is 0 Å². The summed E-state index contributed by atoms with van der Waals surface area (Å²) in [6.45, 7) is 5.67. The van der Waals surface area contributed by atoms with Crippen LogP contribution in [0.5, 0.6) is 0 Å². The van der Waals surface area contributed by atoms with Crippen molar-refractivity contribution in [3.05, 3.63) is 18.7 Å². The minimum absolute atomic E-state index is 0. The molecular formula is C13H25IN2O4. The summed E-state index contributed by atoms with van der Waals surface area (Å²) in [7, 11) is 3.35. The standard InChI is InChI=1S/C13H25N2O4.HI/c1-16-9-11-18-7-5-14-3-4-15(13-14)6-8-19-12-10-17-2;/h3-4,13H,5-12H2,1-2H3;1H/q+1;/p-1. The van der Waals surface area contributed by atoms with Crippen molar-refractivity contribution < 1.29 is 47.5 Å². The number of nitrogens with zero attached hydrogens (tertiary/aromatic N) is 2. The van der Waals surface area contributed by atoms with Crippen molar-refractivity contribution in [3.63, 3.8) is 0 Å². The number of hydrogen-bond acceptors (Lipinski definition) is 4. The molecule has 118 valence electrons. The quantitative estimate of drug-likeness (QED) is 0.215. The Morgan fingerprint density at radius 2 is 1.55 bits per heavy atom. The Balaban J connectivity index is 0.00000361. The SMILES string of the molecule is COCCOCCn1cc[n+](CCOCCOC)c1.[I-]. The molecule has 0 saturated heterocycles. The van der Waals surface area contributed by atoms with Gasteiger partial charge < -0.3 is 42.9 Å². The van der Waals surface area contributed by atoms with Crippen molar-refractivity contribution in [2.75, 3.05) is 53.9 Å². The highest BCUT2D eigenvalue weighted by Gasteiger charge is 2.03. The van der Waals surface area contributed by atoms with Crippen LogP contribution in [0.25, 0.3) is 0 Å². The predicted molar refractivity (Wildman–Crippen MR) is 70.0 cm³/mol. The monoisotopic (exact) mass is 400 g/mol. The first-order valence-corrected chi connectivity index (χ1v) is 6.55. The predicted octanol–water partition coefficient (Wildman–Crippen LogP) is -2.89. The van der Waals surface area contributed by atoms with Crippen molar-refractivity contribution in [3.8, 4) is 0 Å². The summed E-state index contributed by atoms with van der Waals surface area (Å²) in [6, 6.07) is 0. The number of hydrogen-bond donors (Lipinski definition) is 0. The molecule has 20 heavy (non-hydrogen) atoms. The van der Waals surface area contributed by atoms with Crippen LogP contribution in [0.15, 0.2) is 18.7 Å². The molecule has 0 spiro atoms. The van der Waals surface area contributed by atoms with Gasteiger partial charge in [0, 0.05) is 14.2 Å². The van der Waals surface area contributed by atoms with Gasteiger partial charge in [0.15, 0.2) is 0 Å². The average Bonchev–Trinajstić information content (AvgIpc) is 2.86. The fourth-order valence-electron chi connectivity index (χ4n) is 1.53. The zero-order valence-corrected chi connectivity index (χ0v) is 14.5.